The SMILES string of the molecule is CNC/C=C/c1cc(Cl)ccc1Cl. The first kappa shape index (κ1) is 10.6. The van der Waals surface area contributed by atoms with Crippen LogP contribution >= 0.6 is 23.2 Å². The van der Waals surface area contributed by atoms with Crippen molar-refractivity contribution in [3.63, 3.8) is 0 Å². The number of rotatable bonds is 3. The fourth-order valence-electron chi connectivity index (χ4n) is 0.946. The molecule has 3 heteroatoms. The van der Waals surface area contributed by atoms with Gasteiger partial charge in [0.15, 0.2) is 0 Å². The molecule has 0 aliphatic carbocycles. The summed E-state index contributed by atoms with van der Waals surface area (Å²) in [4.78, 5) is 0. The molecule has 0 aliphatic rings. The van der Waals surface area contributed by atoms with Gasteiger partial charge in [-0.3, -0.25) is 0 Å². The maximum atomic E-state index is 5.94. The fraction of sp³-hybridized carbons (Fsp3) is 0.200. The van der Waals surface area contributed by atoms with Crippen molar-refractivity contribution < 1.29 is 0 Å². The minimum absolute atomic E-state index is 0.702. The number of benzene rings is 1. The van der Waals surface area contributed by atoms with Crippen molar-refractivity contribution in [2.24, 2.45) is 0 Å². The molecule has 0 saturated heterocycles. The van der Waals surface area contributed by atoms with Crippen LogP contribution in [0.3, 0.4) is 0 Å². The Balaban J connectivity index is 2.81. The largest absolute Gasteiger partial charge is 0.316 e. The zero-order valence-electron chi connectivity index (χ0n) is 7.35. The minimum Gasteiger partial charge on any atom is -0.316 e. The Labute approximate surface area is 88.4 Å². The van der Waals surface area contributed by atoms with Crippen molar-refractivity contribution in [1.29, 1.82) is 0 Å². The molecule has 0 spiro atoms. The number of hydrogen-bond acceptors (Lipinski definition) is 1. The molecule has 0 unspecified atom stereocenters. The third-order valence-electron chi connectivity index (χ3n) is 1.58. The van der Waals surface area contributed by atoms with E-state index in [1.807, 2.05) is 25.3 Å². The lowest BCUT2D eigenvalue weighted by atomic mass is 10.2. The third-order valence-corrected chi connectivity index (χ3v) is 2.16. The molecule has 70 valence electrons. The first-order chi connectivity index (χ1) is 6.24. The normalized spacial score (nSPS) is 11.0. The highest BCUT2D eigenvalue weighted by atomic mass is 35.5. The van der Waals surface area contributed by atoms with Crippen LogP contribution in [0.5, 0.6) is 0 Å². The van der Waals surface area contributed by atoms with Crippen molar-refractivity contribution >= 4 is 29.3 Å². The predicted octanol–water partition coefficient (Wildman–Crippen LogP) is 3.23. The fourth-order valence-corrected chi connectivity index (χ4v) is 1.31. The van der Waals surface area contributed by atoms with Crippen molar-refractivity contribution in [3.8, 4) is 0 Å². The lowest BCUT2D eigenvalue weighted by molar-refractivity contribution is 0.922. The van der Waals surface area contributed by atoms with Crippen molar-refractivity contribution in [3.05, 3.63) is 39.9 Å². The average Bonchev–Trinajstić information content (AvgIpc) is 2.11. The van der Waals surface area contributed by atoms with Crippen LogP contribution in [-0.4, -0.2) is 13.6 Å². The second kappa shape index (κ2) is 5.28. The molecule has 0 atom stereocenters. The van der Waals surface area contributed by atoms with Gasteiger partial charge in [-0.15, -0.1) is 0 Å². The number of nitrogens with one attached hydrogen (secondary N) is 1. The molecule has 0 heterocycles. The minimum atomic E-state index is 0.702. The molecule has 1 N–H and O–H groups in total. The van der Waals surface area contributed by atoms with Gasteiger partial charge in [-0.05, 0) is 30.8 Å². The van der Waals surface area contributed by atoms with Crippen molar-refractivity contribution in [2.45, 2.75) is 0 Å². The highest BCUT2D eigenvalue weighted by Gasteiger charge is 1.96. The Bertz CT molecular complexity index is 308. The van der Waals surface area contributed by atoms with Gasteiger partial charge in [0.25, 0.3) is 0 Å². The molecule has 0 aliphatic heterocycles. The van der Waals surface area contributed by atoms with E-state index in [0.29, 0.717) is 5.02 Å². The summed E-state index contributed by atoms with van der Waals surface area (Å²) in [6.45, 7) is 0.822. The third kappa shape index (κ3) is 3.39. The molecule has 0 saturated carbocycles. The van der Waals surface area contributed by atoms with Gasteiger partial charge in [0.05, 0.1) is 0 Å². The van der Waals surface area contributed by atoms with Gasteiger partial charge < -0.3 is 5.32 Å². The van der Waals surface area contributed by atoms with Gasteiger partial charge >= 0.3 is 0 Å². The van der Waals surface area contributed by atoms with Gasteiger partial charge in [-0.2, -0.15) is 0 Å². The van der Waals surface area contributed by atoms with E-state index in [-0.39, 0.29) is 0 Å². The maximum Gasteiger partial charge on any atom is 0.0479 e. The summed E-state index contributed by atoms with van der Waals surface area (Å²) in [5.41, 5.74) is 0.949. The molecule has 0 bridgehead atoms. The highest BCUT2D eigenvalue weighted by molar-refractivity contribution is 6.34. The van der Waals surface area contributed by atoms with Gasteiger partial charge in [0, 0.05) is 16.6 Å². The van der Waals surface area contributed by atoms with Gasteiger partial charge in [-0.1, -0.05) is 35.4 Å². The van der Waals surface area contributed by atoms with Crippen LogP contribution in [0.25, 0.3) is 6.08 Å². The molecule has 0 aromatic heterocycles. The van der Waals surface area contributed by atoms with Crippen molar-refractivity contribution in [2.75, 3.05) is 13.6 Å². The molecular formula is C10H11Cl2N. The molecule has 13 heavy (non-hydrogen) atoms. The topological polar surface area (TPSA) is 12.0 Å². The quantitative estimate of drug-likeness (QED) is 0.817. The number of halogens is 2. The van der Waals surface area contributed by atoms with Crippen LogP contribution in [0.15, 0.2) is 24.3 Å². The first-order valence-corrected chi connectivity index (χ1v) is 4.76. The zero-order chi connectivity index (χ0) is 9.68. The van der Waals surface area contributed by atoms with Crippen LogP contribution in [0.1, 0.15) is 5.56 Å². The van der Waals surface area contributed by atoms with E-state index < -0.39 is 0 Å². The molecule has 1 aromatic rings. The summed E-state index contributed by atoms with van der Waals surface area (Å²) >= 11 is 11.8. The maximum absolute atomic E-state index is 5.94. The second-order valence-electron chi connectivity index (χ2n) is 2.63. The molecule has 0 fully saturated rings. The Morgan fingerprint density at radius 2 is 2.15 bits per heavy atom. The van der Waals surface area contributed by atoms with E-state index in [9.17, 15) is 0 Å². The monoisotopic (exact) mass is 215 g/mol. The molecule has 1 aromatic carbocycles. The van der Waals surface area contributed by atoms with Crippen molar-refractivity contribution in [1.82, 2.24) is 5.32 Å². The van der Waals surface area contributed by atoms with Gasteiger partial charge in [0.1, 0.15) is 0 Å². The van der Waals surface area contributed by atoms with Crippen LogP contribution in [0, 0.1) is 0 Å². The summed E-state index contributed by atoms with van der Waals surface area (Å²) in [5, 5.41) is 4.43. The zero-order valence-corrected chi connectivity index (χ0v) is 8.86. The Morgan fingerprint density at radius 3 is 2.85 bits per heavy atom. The highest BCUT2D eigenvalue weighted by Crippen LogP contribution is 2.21. The second-order valence-corrected chi connectivity index (χ2v) is 3.47. The van der Waals surface area contributed by atoms with E-state index in [0.717, 1.165) is 17.1 Å². The molecule has 1 nitrogen and oxygen atoms in total. The average molecular weight is 216 g/mol. The first-order valence-electron chi connectivity index (χ1n) is 4.00. The molecule has 0 amide bonds. The summed E-state index contributed by atoms with van der Waals surface area (Å²) < 4.78 is 0. The summed E-state index contributed by atoms with van der Waals surface area (Å²) in [7, 11) is 1.89. The van der Waals surface area contributed by atoms with E-state index in [2.05, 4.69) is 5.32 Å². The Morgan fingerprint density at radius 1 is 1.38 bits per heavy atom. The van der Waals surface area contributed by atoms with Crippen LogP contribution < -0.4 is 5.32 Å². The van der Waals surface area contributed by atoms with Crippen LogP contribution in [0.4, 0.5) is 0 Å². The summed E-state index contributed by atoms with van der Waals surface area (Å²) in [5.74, 6) is 0. The van der Waals surface area contributed by atoms with Gasteiger partial charge in [0.2, 0.25) is 0 Å². The number of hydrogen-bond donors (Lipinski definition) is 1. The van der Waals surface area contributed by atoms with Crippen LogP contribution in [0.2, 0.25) is 10.0 Å². The van der Waals surface area contributed by atoms with E-state index in [1.54, 1.807) is 12.1 Å². The number of likely N-dealkylation sites (N-methyl/N-ethyl adjacent to an activating group) is 1. The molecular weight excluding hydrogens is 205 g/mol. The lowest BCUT2D eigenvalue weighted by Crippen LogP contribution is -2.03. The molecule has 1 rings (SSSR count). The van der Waals surface area contributed by atoms with Gasteiger partial charge in [-0.25, -0.2) is 0 Å². The smallest absolute Gasteiger partial charge is 0.0479 e. The van der Waals surface area contributed by atoms with E-state index >= 15 is 0 Å². The lowest BCUT2D eigenvalue weighted by Gasteiger charge is -1.98. The Kier molecular flexibility index (Phi) is 4.29. The molecule has 0 radical (unpaired) electrons. The predicted molar refractivity (Wildman–Crippen MR) is 59.4 cm³/mol. The summed E-state index contributed by atoms with van der Waals surface area (Å²) in [6, 6.07) is 5.41. The van der Waals surface area contributed by atoms with E-state index in [4.69, 9.17) is 23.2 Å². The standard InChI is InChI=1S/C10H11Cl2N/c1-13-6-2-3-8-7-9(11)4-5-10(8)12/h2-5,7,13H,6H2,1H3/b3-2+. The summed E-state index contributed by atoms with van der Waals surface area (Å²) in [6.07, 6.45) is 3.95. The van der Waals surface area contributed by atoms with Crippen LogP contribution in [-0.2, 0) is 0 Å². The Hall–Kier alpha value is -0.500. The van der Waals surface area contributed by atoms with E-state index in [1.165, 1.54) is 0 Å².